The Morgan fingerprint density at radius 1 is 0.508 bits per heavy atom. The Bertz CT molecular complexity index is 2730. The average molecular weight is 975 g/mol. The molecule has 338 valence electrons. The molecular formula is C48H38Cl4F6N4O3. The van der Waals surface area contributed by atoms with Gasteiger partial charge in [-0.3, -0.25) is 19.6 Å². The Morgan fingerprint density at radius 3 is 1.32 bits per heavy atom. The molecule has 65 heavy (non-hydrogen) atoms. The zero-order valence-electron chi connectivity index (χ0n) is 34.8. The van der Waals surface area contributed by atoms with E-state index in [0.29, 0.717) is 41.8 Å². The highest BCUT2D eigenvalue weighted by Gasteiger charge is 2.77. The molecule has 0 bridgehead atoms. The number of hydrogen-bond acceptors (Lipinski definition) is 3. The number of carbonyl (C=O) groups excluding carboxylic acids is 2. The Hall–Kier alpha value is -5.44. The lowest BCUT2D eigenvalue weighted by Gasteiger charge is -2.45. The molecule has 2 heterocycles. The van der Waals surface area contributed by atoms with Gasteiger partial charge in [0.1, 0.15) is 0 Å². The van der Waals surface area contributed by atoms with E-state index in [2.05, 4.69) is 0 Å². The topological polar surface area (TPSA) is 67.3 Å². The first kappa shape index (κ1) is 47.5. The minimum atomic E-state index is -5.04. The molecule has 0 saturated carbocycles. The lowest BCUT2D eigenvalue weighted by atomic mass is 9.80. The first-order chi connectivity index (χ1) is 30.4. The van der Waals surface area contributed by atoms with E-state index < -0.39 is 47.3 Å². The monoisotopic (exact) mass is 972 g/mol. The number of anilines is 4. The number of aliphatic hydroxyl groups is 1. The summed E-state index contributed by atoms with van der Waals surface area (Å²) in [5.41, 5.74) is -6.32. The first-order valence-corrected chi connectivity index (χ1v) is 21.3. The van der Waals surface area contributed by atoms with E-state index in [9.17, 15) is 41.0 Å². The first-order valence-electron chi connectivity index (χ1n) is 19.7. The van der Waals surface area contributed by atoms with Crippen molar-refractivity contribution in [2.45, 2.75) is 62.9 Å². The number of halogens is 10. The van der Waals surface area contributed by atoms with Crippen molar-refractivity contribution in [2.75, 3.05) is 19.6 Å². The molecule has 6 aromatic carbocycles. The lowest BCUT2D eigenvalue weighted by Crippen LogP contribution is -2.66. The van der Waals surface area contributed by atoms with Gasteiger partial charge in [0.15, 0.2) is 11.1 Å². The Kier molecular flexibility index (Phi) is 12.7. The molecule has 4 amide bonds. The number of rotatable bonds is 6. The third kappa shape index (κ3) is 8.16. The maximum absolute atomic E-state index is 14.9. The van der Waals surface area contributed by atoms with Crippen molar-refractivity contribution in [3.63, 3.8) is 0 Å². The van der Waals surface area contributed by atoms with E-state index in [4.69, 9.17) is 46.4 Å². The second-order valence-corrected chi connectivity index (χ2v) is 17.7. The van der Waals surface area contributed by atoms with Gasteiger partial charge in [0.25, 0.3) is 0 Å². The second-order valence-electron chi connectivity index (χ2n) is 15.9. The lowest BCUT2D eigenvalue weighted by molar-refractivity contribution is -0.227. The molecule has 2 aliphatic rings. The van der Waals surface area contributed by atoms with E-state index in [0.717, 1.165) is 29.2 Å². The van der Waals surface area contributed by atoms with Gasteiger partial charge in [-0.2, -0.15) is 26.3 Å². The van der Waals surface area contributed by atoms with Gasteiger partial charge < -0.3 is 5.11 Å². The minimum absolute atomic E-state index is 0.0559. The molecule has 0 aliphatic carbocycles. The highest BCUT2D eigenvalue weighted by atomic mass is 35.5. The zero-order chi connectivity index (χ0) is 47.4. The Labute approximate surface area is 390 Å². The standard InChI is InChI=1S/C24H19Cl2F3N2O2.C24H19Cl2F3N2O/c1-15-4-3-5-16(14-15)23(33)22(2,24(27,28)29)30(19-10-6-17(25)7-11-19)21(32)31(23)20-12-8-18(26)9-13-20;1-15-4-3-5-16(14-15)21-23(2,24(27,28)29)31(20-12-8-18(26)9-13-20)22(32)30(21)19-10-6-17(25)7-11-19/h3-14,33H,1-2H3;3-14,21H,1-2H3/t22-,23?;21-,23-/m00/s1. The number of amides is 4. The van der Waals surface area contributed by atoms with Crippen molar-refractivity contribution in [2.24, 2.45) is 0 Å². The normalized spacial score (nSPS) is 22.4. The smallest absolute Gasteiger partial charge is 0.364 e. The van der Waals surface area contributed by atoms with Crippen molar-refractivity contribution >= 4 is 81.2 Å². The molecular weight excluding hydrogens is 936 g/mol. The molecule has 7 nitrogen and oxygen atoms in total. The van der Waals surface area contributed by atoms with Gasteiger partial charge in [0.05, 0.1) is 6.04 Å². The van der Waals surface area contributed by atoms with Gasteiger partial charge in [-0.05, 0) is 130 Å². The van der Waals surface area contributed by atoms with Crippen molar-refractivity contribution in [3.05, 3.63) is 188 Å². The van der Waals surface area contributed by atoms with Crippen LogP contribution in [0.5, 0.6) is 0 Å². The molecule has 4 atom stereocenters. The maximum atomic E-state index is 14.9. The van der Waals surface area contributed by atoms with Crippen LogP contribution in [0.1, 0.15) is 42.1 Å². The number of urea groups is 2. The summed E-state index contributed by atoms with van der Waals surface area (Å²) in [6.45, 7) is 5.37. The molecule has 8 rings (SSSR count). The summed E-state index contributed by atoms with van der Waals surface area (Å²) in [4.78, 5) is 30.8. The minimum Gasteiger partial charge on any atom is -0.364 e. The van der Waals surface area contributed by atoms with Crippen LogP contribution in [0.3, 0.4) is 0 Å². The van der Waals surface area contributed by atoms with Gasteiger partial charge in [-0.25, -0.2) is 9.59 Å². The summed E-state index contributed by atoms with van der Waals surface area (Å²) in [5, 5.41) is 13.5. The van der Waals surface area contributed by atoms with Gasteiger partial charge in [-0.15, -0.1) is 0 Å². The summed E-state index contributed by atoms with van der Waals surface area (Å²) >= 11 is 23.8. The van der Waals surface area contributed by atoms with Crippen LogP contribution < -0.4 is 19.6 Å². The van der Waals surface area contributed by atoms with E-state index in [1.165, 1.54) is 95.9 Å². The summed E-state index contributed by atoms with van der Waals surface area (Å²) in [7, 11) is 0. The maximum Gasteiger partial charge on any atom is 0.416 e. The van der Waals surface area contributed by atoms with Crippen molar-refractivity contribution in [3.8, 4) is 0 Å². The molecule has 2 fully saturated rings. The number of benzene rings is 6. The SMILES string of the molecule is Cc1cccc(C2(O)N(c3ccc(Cl)cc3)C(=O)N(c3ccc(Cl)cc3)[C@]2(C)C(F)(F)F)c1.Cc1cccc([C@@H]2N(c3ccc(Cl)cc3)C(=O)N(c3ccc(Cl)cc3)[C@]2(C)C(F)(F)F)c1. The molecule has 17 heteroatoms. The molecule has 0 spiro atoms. The van der Waals surface area contributed by atoms with Gasteiger partial charge >= 0.3 is 24.4 Å². The van der Waals surface area contributed by atoms with Crippen LogP contribution in [-0.2, 0) is 5.72 Å². The van der Waals surface area contributed by atoms with E-state index in [1.807, 2.05) is 0 Å². The molecule has 6 aromatic rings. The second kappa shape index (κ2) is 17.4. The van der Waals surface area contributed by atoms with Crippen LogP contribution in [-0.4, -0.2) is 40.6 Å². The van der Waals surface area contributed by atoms with Crippen LogP contribution >= 0.6 is 46.4 Å². The largest absolute Gasteiger partial charge is 0.416 e. The summed E-state index contributed by atoms with van der Waals surface area (Å²) in [5.74, 6) is 0. The summed E-state index contributed by atoms with van der Waals surface area (Å²) in [6, 6.07) is 32.7. The quantitative estimate of drug-likeness (QED) is 0.169. The summed E-state index contributed by atoms with van der Waals surface area (Å²) < 4.78 is 89.4. The average Bonchev–Trinajstić information content (AvgIpc) is 3.60. The van der Waals surface area contributed by atoms with Crippen molar-refractivity contribution in [1.29, 1.82) is 0 Å². The number of alkyl halides is 6. The number of aryl methyl sites for hydroxylation is 2. The molecule has 2 saturated heterocycles. The van der Waals surface area contributed by atoms with Crippen LogP contribution in [0.15, 0.2) is 146 Å². The van der Waals surface area contributed by atoms with E-state index >= 15 is 0 Å². The third-order valence-electron chi connectivity index (χ3n) is 11.7. The van der Waals surface area contributed by atoms with Crippen LogP contribution in [0.2, 0.25) is 20.1 Å². The summed E-state index contributed by atoms with van der Waals surface area (Å²) in [6.07, 6.45) is -9.79. The van der Waals surface area contributed by atoms with Crippen LogP contribution in [0.4, 0.5) is 58.7 Å². The predicted octanol–water partition coefficient (Wildman–Crippen LogP) is 14.7. The fraction of sp³-hybridized carbons (Fsp3) is 0.208. The van der Waals surface area contributed by atoms with Gasteiger partial charge in [-0.1, -0.05) is 106 Å². The van der Waals surface area contributed by atoms with Crippen molar-refractivity contribution in [1.82, 2.24) is 0 Å². The van der Waals surface area contributed by atoms with E-state index in [1.54, 1.807) is 68.4 Å². The Balaban J connectivity index is 0.000000194. The Morgan fingerprint density at radius 2 is 0.908 bits per heavy atom. The van der Waals surface area contributed by atoms with Crippen LogP contribution in [0, 0.1) is 13.8 Å². The number of nitrogens with zero attached hydrogens (tertiary/aromatic N) is 4. The predicted molar refractivity (Wildman–Crippen MR) is 244 cm³/mol. The number of hydrogen-bond donors (Lipinski definition) is 1. The molecule has 0 radical (unpaired) electrons. The third-order valence-corrected chi connectivity index (χ3v) is 12.8. The molecule has 0 aromatic heterocycles. The van der Waals surface area contributed by atoms with Crippen LogP contribution in [0.25, 0.3) is 0 Å². The fourth-order valence-electron chi connectivity index (χ4n) is 8.46. The highest BCUT2D eigenvalue weighted by Crippen LogP contribution is 2.58. The zero-order valence-corrected chi connectivity index (χ0v) is 37.8. The molecule has 2 aliphatic heterocycles. The fourth-order valence-corrected chi connectivity index (χ4v) is 8.97. The number of carbonyl (C=O) groups is 2. The van der Waals surface area contributed by atoms with Gasteiger partial charge in [0, 0.05) is 48.4 Å². The molecule has 1 N–H and O–H groups in total. The van der Waals surface area contributed by atoms with Gasteiger partial charge in [0.2, 0.25) is 5.72 Å². The van der Waals surface area contributed by atoms with E-state index in [-0.39, 0.29) is 22.6 Å². The highest BCUT2D eigenvalue weighted by molar-refractivity contribution is 6.31. The molecule has 1 unspecified atom stereocenters. The van der Waals surface area contributed by atoms with Crippen molar-refractivity contribution < 1.29 is 41.0 Å².